The van der Waals surface area contributed by atoms with Gasteiger partial charge in [-0.05, 0) is 6.42 Å². The number of benzene rings is 1. The third-order valence-electron chi connectivity index (χ3n) is 6.59. The van der Waals surface area contributed by atoms with Crippen LogP contribution in [0.25, 0.3) is 0 Å². The molecule has 204 valence electrons. The van der Waals surface area contributed by atoms with Gasteiger partial charge in [-0.1, -0.05) is 30.3 Å². The molecule has 3 saturated heterocycles. The molecule has 10 heteroatoms. The van der Waals surface area contributed by atoms with Gasteiger partial charge < -0.3 is 42.6 Å². The van der Waals surface area contributed by atoms with Gasteiger partial charge in [-0.25, -0.2) is 0 Å². The van der Waals surface area contributed by atoms with Crippen molar-refractivity contribution in [2.75, 3.05) is 86.7 Å². The third-order valence-corrected chi connectivity index (χ3v) is 6.59. The summed E-state index contributed by atoms with van der Waals surface area (Å²) in [7, 11) is 3.33. The Labute approximate surface area is 213 Å². The fourth-order valence-corrected chi connectivity index (χ4v) is 4.73. The van der Waals surface area contributed by atoms with Crippen LogP contribution in [0.4, 0.5) is 0 Å². The molecular formula is C26H41NO9. The van der Waals surface area contributed by atoms with Gasteiger partial charge in [0.1, 0.15) is 24.4 Å². The van der Waals surface area contributed by atoms with Crippen molar-refractivity contribution in [3.8, 4) is 0 Å². The molecule has 1 aromatic carbocycles. The smallest absolute Gasteiger partial charge is 0.186 e. The highest BCUT2D eigenvalue weighted by atomic mass is 16.8. The van der Waals surface area contributed by atoms with Crippen LogP contribution in [-0.2, 0) is 42.6 Å². The molecule has 10 nitrogen and oxygen atoms in total. The molecule has 3 aliphatic rings. The monoisotopic (exact) mass is 511 g/mol. The summed E-state index contributed by atoms with van der Waals surface area (Å²) in [5.41, 5.74) is 0.950. The molecule has 4 rings (SSSR count). The Kier molecular flexibility index (Phi) is 11.8. The van der Waals surface area contributed by atoms with Crippen LogP contribution < -0.4 is 0 Å². The van der Waals surface area contributed by atoms with E-state index in [1.54, 1.807) is 14.2 Å². The summed E-state index contributed by atoms with van der Waals surface area (Å²) in [6, 6.07) is 9.88. The van der Waals surface area contributed by atoms with E-state index in [-0.39, 0.29) is 12.2 Å². The number of hydrogen-bond donors (Lipinski definition) is 0. The van der Waals surface area contributed by atoms with Crippen molar-refractivity contribution in [3.63, 3.8) is 0 Å². The maximum atomic E-state index is 6.39. The molecule has 0 aliphatic carbocycles. The lowest BCUT2D eigenvalue weighted by atomic mass is 9.97. The van der Waals surface area contributed by atoms with E-state index >= 15 is 0 Å². The van der Waals surface area contributed by atoms with Crippen LogP contribution in [0.2, 0.25) is 0 Å². The Hall–Kier alpha value is -1.18. The molecule has 0 radical (unpaired) electrons. The van der Waals surface area contributed by atoms with Gasteiger partial charge in [-0.15, -0.1) is 0 Å². The van der Waals surface area contributed by atoms with E-state index < -0.39 is 24.8 Å². The predicted octanol–water partition coefficient (Wildman–Crippen LogP) is 1.63. The highest BCUT2D eigenvalue weighted by Gasteiger charge is 2.51. The lowest BCUT2D eigenvalue weighted by molar-refractivity contribution is -0.368. The molecule has 0 spiro atoms. The van der Waals surface area contributed by atoms with E-state index in [1.165, 1.54) is 0 Å². The minimum atomic E-state index is -0.607. The second-order valence-electron chi connectivity index (χ2n) is 9.04. The summed E-state index contributed by atoms with van der Waals surface area (Å²) in [4.78, 5) is 2.33. The number of nitrogens with zero attached hydrogens (tertiary/aromatic N) is 1. The van der Waals surface area contributed by atoms with Crippen molar-refractivity contribution in [2.45, 2.75) is 43.4 Å². The van der Waals surface area contributed by atoms with Crippen LogP contribution in [-0.4, -0.2) is 122 Å². The Morgan fingerprint density at radius 1 is 0.806 bits per heavy atom. The highest BCUT2D eigenvalue weighted by Crippen LogP contribution is 2.36. The molecule has 0 N–H and O–H groups in total. The van der Waals surface area contributed by atoms with Gasteiger partial charge in [0.25, 0.3) is 0 Å². The first-order chi connectivity index (χ1) is 17.8. The summed E-state index contributed by atoms with van der Waals surface area (Å²) in [5, 5.41) is 0. The Balaban J connectivity index is 1.40. The zero-order valence-corrected chi connectivity index (χ0v) is 21.5. The van der Waals surface area contributed by atoms with E-state index in [4.69, 9.17) is 42.6 Å². The number of hydrogen-bond acceptors (Lipinski definition) is 10. The second-order valence-corrected chi connectivity index (χ2v) is 9.04. The van der Waals surface area contributed by atoms with Crippen LogP contribution in [0, 0.1) is 0 Å². The van der Waals surface area contributed by atoms with E-state index in [9.17, 15) is 0 Å². The normalized spacial score (nSPS) is 33.6. The Bertz CT molecular complexity index is 727. The first kappa shape index (κ1) is 27.8. The number of rotatable bonds is 6. The SMILES string of the molecule is COCCCN1CCOCCO[C@H]2[C@H]3OC(c4ccccc4)OC[C@H]3O[C@H](OC)[C@@H]2OCCOCC1. The van der Waals surface area contributed by atoms with Crippen molar-refractivity contribution >= 4 is 0 Å². The maximum absolute atomic E-state index is 6.39. The van der Waals surface area contributed by atoms with Gasteiger partial charge >= 0.3 is 0 Å². The molecule has 3 aliphatic heterocycles. The van der Waals surface area contributed by atoms with Crippen LogP contribution in [0.3, 0.4) is 0 Å². The molecular weight excluding hydrogens is 470 g/mol. The van der Waals surface area contributed by atoms with Gasteiger partial charge in [0, 0.05) is 46.0 Å². The first-order valence-electron chi connectivity index (χ1n) is 12.9. The first-order valence-corrected chi connectivity index (χ1v) is 12.9. The molecule has 36 heavy (non-hydrogen) atoms. The molecule has 1 unspecified atom stereocenters. The van der Waals surface area contributed by atoms with E-state index in [2.05, 4.69) is 4.90 Å². The van der Waals surface area contributed by atoms with Crippen molar-refractivity contribution in [1.29, 1.82) is 0 Å². The summed E-state index contributed by atoms with van der Waals surface area (Å²) in [5.74, 6) is 0. The van der Waals surface area contributed by atoms with Gasteiger partial charge in [-0.3, -0.25) is 4.90 Å². The molecule has 3 heterocycles. The van der Waals surface area contributed by atoms with Crippen LogP contribution in [0.15, 0.2) is 30.3 Å². The lowest BCUT2D eigenvalue weighted by Gasteiger charge is -2.48. The Morgan fingerprint density at radius 2 is 1.53 bits per heavy atom. The molecule has 0 saturated carbocycles. The van der Waals surface area contributed by atoms with Gasteiger partial charge in [0.15, 0.2) is 12.6 Å². The number of fused-ring (bicyclic) bond motifs is 3. The third kappa shape index (κ3) is 7.91. The minimum absolute atomic E-state index is 0.334. The summed E-state index contributed by atoms with van der Waals surface area (Å²) in [6.45, 7) is 6.70. The summed E-state index contributed by atoms with van der Waals surface area (Å²) < 4.78 is 53.7. The molecule has 6 atom stereocenters. The average molecular weight is 512 g/mol. The standard InChI is InChI=1S/C26H41NO9/c1-28-12-6-9-27-10-13-30-15-17-32-23-22-21(19-34-25(36-22)20-7-4-3-5-8-20)35-26(29-2)24(23)33-18-16-31-14-11-27/h3-5,7-8,21-26H,6,9-19H2,1-2H3/t21-,22+,23+,24-,25?,26+/m1/s1. The number of methoxy groups -OCH3 is 2. The van der Waals surface area contributed by atoms with Crippen LogP contribution in [0.1, 0.15) is 18.3 Å². The second kappa shape index (κ2) is 15.3. The fourth-order valence-electron chi connectivity index (χ4n) is 4.73. The van der Waals surface area contributed by atoms with E-state index in [0.29, 0.717) is 46.2 Å². The molecule has 0 amide bonds. The summed E-state index contributed by atoms with van der Waals surface area (Å²) in [6.07, 6.45) is -1.74. The fraction of sp³-hybridized carbons (Fsp3) is 0.769. The molecule has 3 fully saturated rings. The quantitative estimate of drug-likeness (QED) is 0.525. The predicted molar refractivity (Wildman–Crippen MR) is 130 cm³/mol. The highest BCUT2D eigenvalue weighted by molar-refractivity contribution is 5.16. The van der Waals surface area contributed by atoms with E-state index in [1.807, 2.05) is 30.3 Å². The zero-order valence-electron chi connectivity index (χ0n) is 21.5. The van der Waals surface area contributed by atoms with E-state index in [0.717, 1.165) is 38.2 Å². The maximum Gasteiger partial charge on any atom is 0.186 e. The largest absolute Gasteiger partial charge is 0.385 e. The summed E-state index contributed by atoms with van der Waals surface area (Å²) >= 11 is 0. The van der Waals surface area contributed by atoms with Crippen LogP contribution >= 0.6 is 0 Å². The van der Waals surface area contributed by atoms with Gasteiger partial charge in [0.05, 0.1) is 46.2 Å². The van der Waals surface area contributed by atoms with Gasteiger partial charge in [-0.2, -0.15) is 0 Å². The number of ether oxygens (including phenoxy) is 9. The zero-order chi connectivity index (χ0) is 25.0. The van der Waals surface area contributed by atoms with Crippen molar-refractivity contribution in [2.24, 2.45) is 0 Å². The van der Waals surface area contributed by atoms with Crippen molar-refractivity contribution < 1.29 is 42.6 Å². The topological polar surface area (TPSA) is 86.3 Å². The van der Waals surface area contributed by atoms with Gasteiger partial charge in [0.2, 0.25) is 0 Å². The van der Waals surface area contributed by atoms with Crippen molar-refractivity contribution in [1.82, 2.24) is 4.90 Å². The average Bonchev–Trinajstić information content (AvgIpc) is 2.92. The molecule has 0 bridgehead atoms. The molecule has 0 aromatic heterocycles. The Morgan fingerprint density at radius 3 is 2.22 bits per heavy atom. The van der Waals surface area contributed by atoms with Crippen LogP contribution in [0.5, 0.6) is 0 Å². The lowest BCUT2D eigenvalue weighted by Crippen LogP contribution is -2.63. The molecule has 1 aromatic rings. The van der Waals surface area contributed by atoms with Crippen molar-refractivity contribution in [3.05, 3.63) is 35.9 Å². The minimum Gasteiger partial charge on any atom is -0.385 e.